The highest BCUT2D eigenvalue weighted by atomic mass is 19.1. The van der Waals surface area contributed by atoms with Crippen LogP contribution < -0.4 is 10.2 Å². The first-order valence-electron chi connectivity index (χ1n) is 7.94. The largest absolute Gasteiger partial charge is 0.423 e. The lowest BCUT2D eigenvalue weighted by Crippen LogP contribution is -2.18. The zero-order chi connectivity index (χ0) is 19.1. The topological polar surface area (TPSA) is 80.6 Å². The van der Waals surface area contributed by atoms with Gasteiger partial charge in [-0.1, -0.05) is 12.1 Å². The number of aromatic nitrogens is 1. The Balaban J connectivity index is 1.57. The van der Waals surface area contributed by atoms with Crippen LogP contribution in [0.1, 0.15) is 26.4 Å². The minimum absolute atomic E-state index is 0.123. The summed E-state index contributed by atoms with van der Waals surface area (Å²) in [5.41, 5.74) is 3.43. The van der Waals surface area contributed by atoms with Crippen LogP contribution in [0, 0.1) is 5.82 Å². The molecule has 1 N–H and O–H groups in total. The van der Waals surface area contributed by atoms with Gasteiger partial charge in [0.25, 0.3) is 5.91 Å². The summed E-state index contributed by atoms with van der Waals surface area (Å²) in [6.07, 6.45) is 2.96. The number of hydrogen-bond donors (Lipinski definition) is 1. The summed E-state index contributed by atoms with van der Waals surface area (Å²) in [5.74, 6) is -1.28. The summed E-state index contributed by atoms with van der Waals surface area (Å²) >= 11 is 0. The Labute approximate surface area is 154 Å². The second-order valence-electron chi connectivity index (χ2n) is 5.38. The minimum atomic E-state index is -0.654. The van der Waals surface area contributed by atoms with E-state index >= 15 is 0 Å². The van der Waals surface area contributed by atoms with Gasteiger partial charge >= 0.3 is 5.97 Å². The first kappa shape index (κ1) is 17.9. The van der Waals surface area contributed by atoms with E-state index in [1.807, 2.05) is 0 Å². The number of rotatable bonds is 5. The smallest absolute Gasteiger partial charge is 0.343 e. The predicted molar refractivity (Wildman–Crippen MR) is 97.1 cm³/mol. The van der Waals surface area contributed by atoms with Crippen molar-refractivity contribution in [3.8, 4) is 5.75 Å². The van der Waals surface area contributed by atoms with Crippen molar-refractivity contribution in [2.45, 2.75) is 0 Å². The fourth-order valence-corrected chi connectivity index (χ4v) is 2.12. The third-order valence-corrected chi connectivity index (χ3v) is 3.43. The van der Waals surface area contributed by atoms with Crippen molar-refractivity contribution in [3.63, 3.8) is 0 Å². The van der Waals surface area contributed by atoms with Gasteiger partial charge < -0.3 is 4.74 Å². The van der Waals surface area contributed by atoms with E-state index in [-0.39, 0.29) is 11.3 Å². The number of benzene rings is 2. The van der Waals surface area contributed by atoms with Crippen molar-refractivity contribution in [3.05, 3.63) is 95.6 Å². The van der Waals surface area contributed by atoms with Gasteiger partial charge in [0.2, 0.25) is 0 Å². The Bertz CT molecular complexity index is 973. The van der Waals surface area contributed by atoms with E-state index in [1.54, 1.807) is 42.5 Å². The van der Waals surface area contributed by atoms with Crippen molar-refractivity contribution in [1.29, 1.82) is 0 Å². The Kier molecular flexibility index (Phi) is 5.64. The molecule has 1 heterocycles. The molecule has 0 radical (unpaired) electrons. The third-order valence-electron chi connectivity index (χ3n) is 3.43. The second kappa shape index (κ2) is 8.48. The summed E-state index contributed by atoms with van der Waals surface area (Å²) in [5, 5.41) is 3.85. The Morgan fingerprint density at radius 2 is 1.85 bits per heavy atom. The van der Waals surface area contributed by atoms with Crippen LogP contribution in [0.3, 0.4) is 0 Å². The fraction of sp³-hybridized carbons (Fsp3) is 0. The van der Waals surface area contributed by atoms with E-state index in [9.17, 15) is 14.0 Å². The number of amides is 1. The van der Waals surface area contributed by atoms with Gasteiger partial charge in [0.15, 0.2) is 0 Å². The summed E-state index contributed by atoms with van der Waals surface area (Å²) in [6.45, 7) is 0. The molecule has 7 heteroatoms. The quantitative estimate of drug-likeness (QED) is 0.327. The number of nitrogens with one attached hydrogen (secondary N) is 1. The average molecular weight is 363 g/mol. The molecule has 0 atom stereocenters. The SMILES string of the molecule is O=C(Oc1ccc(/C=N\NC(=O)c2ccccn2)cc1)c1cccc(F)c1. The van der Waals surface area contributed by atoms with Crippen molar-refractivity contribution >= 4 is 18.1 Å². The molecule has 1 amide bonds. The molecule has 0 aliphatic carbocycles. The zero-order valence-electron chi connectivity index (χ0n) is 14.0. The van der Waals surface area contributed by atoms with E-state index in [2.05, 4.69) is 15.5 Å². The number of esters is 1. The molecule has 0 fully saturated rings. The van der Waals surface area contributed by atoms with Crippen LogP contribution in [0.5, 0.6) is 5.75 Å². The number of halogens is 1. The molecule has 3 aromatic rings. The number of carbonyl (C=O) groups is 2. The van der Waals surface area contributed by atoms with Gasteiger partial charge in [-0.2, -0.15) is 5.10 Å². The highest BCUT2D eigenvalue weighted by Gasteiger charge is 2.09. The predicted octanol–water partition coefficient (Wildman–Crippen LogP) is 3.20. The molecule has 0 aliphatic heterocycles. The van der Waals surface area contributed by atoms with Crippen LogP contribution in [-0.4, -0.2) is 23.1 Å². The van der Waals surface area contributed by atoms with Gasteiger partial charge in [0.1, 0.15) is 17.3 Å². The minimum Gasteiger partial charge on any atom is -0.423 e. The zero-order valence-corrected chi connectivity index (χ0v) is 14.0. The van der Waals surface area contributed by atoms with E-state index in [0.717, 1.165) is 6.07 Å². The average Bonchev–Trinajstić information content (AvgIpc) is 2.70. The van der Waals surface area contributed by atoms with Crippen LogP contribution in [-0.2, 0) is 0 Å². The molecule has 0 aliphatic rings. The van der Waals surface area contributed by atoms with Gasteiger partial charge in [-0.3, -0.25) is 9.78 Å². The lowest BCUT2D eigenvalue weighted by molar-refractivity contribution is 0.0734. The van der Waals surface area contributed by atoms with Gasteiger partial charge in [-0.05, 0) is 60.2 Å². The molecule has 0 bridgehead atoms. The van der Waals surface area contributed by atoms with Crippen LogP contribution in [0.4, 0.5) is 4.39 Å². The number of ether oxygens (including phenoxy) is 1. The molecule has 27 heavy (non-hydrogen) atoms. The Hall–Kier alpha value is -3.87. The third kappa shape index (κ3) is 5.05. The van der Waals surface area contributed by atoms with Crippen molar-refractivity contribution in [1.82, 2.24) is 10.4 Å². The number of hydrazone groups is 1. The summed E-state index contributed by atoms with van der Waals surface area (Å²) < 4.78 is 18.3. The molecule has 0 saturated heterocycles. The second-order valence-corrected chi connectivity index (χ2v) is 5.38. The van der Waals surface area contributed by atoms with Gasteiger partial charge in [-0.25, -0.2) is 14.6 Å². The van der Waals surface area contributed by atoms with Crippen molar-refractivity contribution < 1.29 is 18.7 Å². The van der Waals surface area contributed by atoms with E-state index in [1.165, 1.54) is 30.6 Å². The maximum Gasteiger partial charge on any atom is 0.343 e. The number of carbonyl (C=O) groups excluding carboxylic acids is 2. The summed E-state index contributed by atoms with van der Waals surface area (Å²) in [6, 6.07) is 16.7. The molecule has 0 saturated carbocycles. The first-order chi connectivity index (χ1) is 13.1. The molecular weight excluding hydrogens is 349 g/mol. The molecular formula is C20H14FN3O3. The van der Waals surface area contributed by atoms with Crippen molar-refractivity contribution in [2.75, 3.05) is 0 Å². The standard InChI is InChI=1S/C20H14FN3O3/c21-16-5-3-4-15(12-16)20(26)27-17-9-7-14(8-10-17)13-23-24-19(25)18-6-1-2-11-22-18/h1-13H,(H,24,25)/b23-13-. The van der Waals surface area contributed by atoms with Crippen molar-refractivity contribution in [2.24, 2.45) is 5.10 Å². The monoisotopic (exact) mass is 363 g/mol. The van der Waals surface area contributed by atoms with Crippen LogP contribution in [0.2, 0.25) is 0 Å². The fourth-order valence-electron chi connectivity index (χ4n) is 2.12. The van der Waals surface area contributed by atoms with Gasteiger partial charge in [-0.15, -0.1) is 0 Å². The lowest BCUT2D eigenvalue weighted by atomic mass is 10.2. The molecule has 0 unspecified atom stereocenters. The highest BCUT2D eigenvalue weighted by molar-refractivity contribution is 5.93. The number of hydrogen-bond acceptors (Lipinski definition) is 5. The van der Waals surface area contributed by atoms with Gasteiger partial charge in [0.05, 0.1) is 11.8 Å². The van der Waals surface area contributed by atoms with Crippen LogP contribution >= 0.6 is 0 Å². The summed E-state index contributed by atoms with van der Waals surface area (Å²) in [4.78, 5) is 27.7. The van der Waals surface area contributed by atoms with E-state index < -0.39 is 17.7 Å². The normalized spacial score (nSPS) is 10.6. The number of nitrogens with zero attached hydrogens (tertiary/aromatic N) is 2. The maximum absolute atomic E-state index is 13.1. The van der Waals surface area contributed by atoms with Gasteiger partial charge in [0, 0.05) is 6.20 Å². The maximum atomic E-state index is 13.1. The molecule has 6 nitrogen and oxygen atoms in total. The molecule has 134 valence electrons. The van der Waals surface area contributed by atoms with Crippen LogP contribution in [0.25, 0.3) is 0 Å². The molecule has 2 aromatic carbocycles. The first-order valence-corrected chi connectivity index (χ1v) is 7.94. The van der Waals surface area contributed by atoms with Crippen LogP contribution in [0.15, 0.2) is 78.0 Å². The lowest BCUT2D eigenvalue weighted by Gasteiger charge is -2.04. The molecule has 1 aromatic heterocycles. The highest BCUT2D eigenvalue weighted by Crippen LogP contribution is 2.14. The Morgan fingerprint density at radius 1 is 1.04 bits per heavy atom. The Morgan fingerprint density at radius 3 is 2.56 bits per heavy atom. The molecule has 0 spiro atoms. The van der Waals surface area contributed by atoms with E-state index in [4.69, 9.17) is 4.74 Å². The molecule has 3 rings (SSSR count). The number of pyridine rings is 1. The van der Waals surface area contributed by atoms with E-state index in [0.29, 0.717) is 11.3 Å². The summed E-state index contributed by atoms with van der Waals surface area (Å²) in [7, 11) is 0.